The lowest BCUT2D eigenvalue weighted by Gasteiger charge is -2.41. The van der Waals surface area contributed by atoms with Gasteiger partial charge in [0.2, 0.25) is 0 Å². The number of rotatable bonds is 4. The molecule has 0 saturated carbocycles. The third-order valence-electron chi connectivity index (χ3n) is 4.84. The Bertz CT molecular complexity index is 415. The molecule has 3 heterocycles. The van der Waals surface area contributed by atoms with Crippen molar-refractivity contribution in [2.24, 2.45) is 11.3 Å². The summed E-state index contributed by atoms with van der Waals surface area (Å²) in [5.41, 5.74) is 0.602. The molecule has 0 bridgehead atoms. The lowest BCUT2D eigenvalue weighted by atomic mass is 9.79. The molecule has 2 aliphatic heterocycles. The minimum absolute atomic E-state index is 0.602. The van der Waals surface area contributed by atoms with Gasteiger partial charge in [0, 0.05) is 31.1 Å². The molecule has 20 heavy (non-hydrogen) atoms. The molecule has 1 unspecified atom stereocenters. The van der Waals surface area contributed by atoms with E-state index in [1.165, 1.54) is 63.4 Å². The highest BCUT2D eigenvalue weighted by atomic mass is 32.1. The zero-order chi connectivity index (χ0) is 14.0. The van der Waals surface area contributed by atoms with Crippen LogP contribution in [0, 0.1) is 11.3 Å². The maximum atomic E-state index is 2.73. The molecule has 2 aliphatic rings. The zero-order valence-corrected chi connectivity index (χ0v) is 13.8. The molecule has 0 amide bonds. The quantitative estimate of drug-likeness (QED) is 0.835. The standard InChI is InChI=1S/C17H28N2S/c1-15(2)11-18-8-4-6-17(13-18)7-9-19(14-17)12-16-5-3-10-20-16/h3,5,10,15H,4,6-9,11-14H2,1-2H3. The molecule has 0 aliphatic carbocycles. The van der Waals surface area contributed by atoms with Crippen molar-refractivity contribution in [3.05, 3.63) is 22.4 Å². The molecule has 0 radical (unpaired) electrons. The molecule has 2 fully saturated rings. The summed E-state index contributed by atoms with van der Waals surface area (Å²) in [6.07, 6.45) is 4.26. The van der Waals surface area contributed by atoms with E-state index in [-0.39, 0.29) is 0 Å². The lowest BCUT2D eigenvalue weighted by molar-refractivity contribution is 0.0834. The first-order valence-corrected chi connectivity index (χ1v) is 9.00. The molecule has 1 spiro atoms. The van der Waals surface area contributed by atoms with Gasteiger partial charge in [-0.15, -0.1) is 11.3 Å². The van der Waals surface area contributed by atoms with E-state index in [2.05, 4.69) is 41.2 Å². The van der Waals surface area contributed by atoms with Crippen molar-refractivity contribution in [3.63, 3.8) is 0 Å². The zero-order valence-electron chi connectivity index (χ0n) is 13.0. The van der Waals surface area contributed by atoms with Gasteiger partial charge in [-0.25, -0.2) is 0 Å². The number of likely N-dealkylation sites (tertiary alicyclic amines) is 2. The van der Waals surface area contributed by atoms with Crippen molar-refractivity contribution in [1.29, 1.82) is 0 Å². The monoisotopic (exact) mass is 292 g/mol. The van der Waals surface area contributed by atoms with Gasteiger partial charge < -0.3 is 4.90 Å². The average molecular weight is 292 g/mol. The predicted octanol–water partition coefficient (Wildman–Crippen LogP) is 3.69. The van der Waals surface area contributed by atoms with Crippen molar-refractivity contribution in [2.75, 3.05) is 32.7 Å². The second-order valence-corrected chi connectivity index (χ2v) is 8.30. The Morgan fingerprint density at radius 3 is 2.80 bits per heavy atom. The van der Waals surface area contributed by atoms with Crippen LogP contribution in [0.15, 0.2) is 17.5 Å². The lowest BCUT2D eigenvalue weighted by Crippen LogP contribution is -2.45. The molecule has 0 N–H and O–H groups in total. The predicted molar refractivity (Wildman–Crippen MR) is 87.2 cm³/mol. The van der Waals surface area contributed by atoms with Crippen LogP contribution in [0.4, 0.5) is 0 Å². The van der Waals surface area contributed by atoms with Crippen LogP contribution in [0.5, 0.6) is 0 Å². The van der Waals surface area contributed by atoms with Gasteiger partial charge in [-0.1, -0.05) is 19.9 Å². The van der Waals surface area contributed by atoms with E-state index in [1.807, 2.05) is 11.3 Å². The first kappa shape index (κ1) is 14.6. The van der Waals surface area contributed by atoms with E-state index in [9.17, 15) is 0 Å². The van der Waals surface area contributed by atoms with Crippen LogP contribution in [0.2, 0.25) is 0 Å². The van der Waals surface area contributed by atoms with Gasteiger partial charge in [0.25, 0.3) is 0 Å². The van der Waals surface area contributed by atoms with E-state index in [0.29, 0.717) is 5.41 Å². The van der Waals surface area contributed by atoms with Crippen LogP contribution in [0.1, 0.15) is 38.0 Å². The van der Waals surface area contributed by atoms with Gasteiger partial charge in [-0.05, 0) is 55.1 Å². The maximum Gasteiger partial charge on any atom is 0.0328 e. The molecule has 0 aromatic carbocycles. The Kier molecular flexibility index (Phi) is 4.49. The van der Waals surface area contributed by atoms with E-state index in [0.717, 1.165) is 5.92 Å². The van der Waals surface area contributed by atoms with E-state index < -0.39 is 0 Å². The molecule has 1 aromatic rings. The molecule has 2 saturated heterocycles. The molecular weight excluding hydrogens is 264 g/mol. The topological polar surface area (TPSA) is 6.48 Å². The SMILES string of the molecule is CC(C)CN1CCCC2(CCN(Cc3cccs3)C2)C1. The van der Waals surface area contributed by atoms with E-state index in [1.54, 1.807) is 0 Å². The van der Waals surface area contributed by atoms with Gasteiger partial charge >= 0.3 is 0 Å². The summed E-state index contributed by atoms with van der Waals surface area (Å²) in [5, 5.41) is 2.20. The highest BCUT2D eigenvalue weighted by Crippen LogP contribution is 2.39. The molecule has 2 nitrogen and oxygen atoms in total. The van der Waals surface area contributed by atoms with E-state index in [4.69, 9.17) is 0 Å². The van der Waals surface area contributed by atoms with Crippen molar-refractivity contribution in [1.82, 2.24) is 9.80 Å². The fourth-order valence-corrected chi connectivity index (χ4v) is 4.85. The van der Waals surface area contributed by atoms with Crippen molar-refractivity contribution in [3.8, 4) is 0 Å². The first-order chi connectivity index (χ1) is 9.65. The molecule has 112 valence electrons. The van der Waals surface area contributed by atoms with Gasteiger partial charge in [0.1, 0.15) is 0 Å². The second-order valence-electron chi connectivity index (χ2n) is 7.27. The van der Waals surface area contributed by atoms with Crippen LogP contribution < -0.4 is 0 Å². The van der Waals surface area contributed by atoms with Gasteiger partial charge in [0.15, 0.2) is 0 Å². The number of nitrogens with zero attached hydrogens (tertiary/aromatic N) is 2. The number of hydrogen-bond donors (Lipinski definition) is 0. The Labute approximate surface area is 127 Å². The largest absolute Gasteiger partial charge is 0.302 e. The summed E-state index contributed by atoms with van der Waals surface area (Å²) in [6.45, 7) is 12.4. The van der Waals surface area contributed by atoms with Crippen LogP contribution in [0.3, 0.4) is 0 Å². The third-order valence-corrected chi connectivity index (χ3v) is 5.70. The molecule has 3 rings (SSSR count). The second kappa shape index (κ2) is 6.17. The minimum atomic E-state index is 0.602. The summed E-state index contributed by atoms with van der Waals surface area (Å²) in [7, 11) is 0. The maximum absolute atomic E-state index is 2.73. The summed E-state index contributed by atoms with van der Waals surface area (Å²) in [6, 6.07) is 4.46. The summed E-state index contributed by atoms with van der Waals surface area (Å²) >= 11 is 1.90. The van der Waals surface area contributed by atoms with E-state index >= 15 is 0 Å². The van der Waals surface area contributed by atoms with Crippen molar-refractivity contribution >= 4 is 11.3 Å². The highest BCUT2D eigenvalue weighted by Gasteiger charge is 2.41. The van der Waals surface area contributed by atoms with Crippen LogP contribution >= 0.6 is 11.3 Å². The van der Waals surface area contributed by atoms with Gasteiger partial charge in [-0.3, -0.25) is 4.90 Å². The fraction of sp³-hybridized carbons (Fsp3) is 0.765. The summed E-state index contributed by atoms with van der Waals surface area (Å²) < 4.78 is 0. The summed E-state index contributed by atoms with van der Waals surface area (Å²) in [5.74, 6) is 0.800. The van der Waals surface area contributed by atoms with Crippen LogP contribution in [0.25, 0.3) is 0 Å². The number of piperidine rings is 1. The molecular formula is C17H28N2S. The number of thiophene rings is 1. The van der Waals surface area contributed by atoms with Gasteiger partial charge in [0.05, 0.1) is 0 Å². The fourth-order valence-electron chi connectivity index (χ4n) is 4.10. The van der Waals surface area contributed by atoms with Crippen molar-refractivity contribution in [2.45, 2.75) is 39.7 Å². The average Bonchev–Trinajstić information content (AvgIpc) is 3.00. The Morgan fingerprint density at radius 1 is 1.20 bits per heavy atom. The van der Waals surface area contributed by atoms with Gasteiger partial charge in [-0.2, -0.15) is 0 Å². The minimum Gasteiger partial charge on any atom is -0.302 e. The smallest absolute Gasteiger partial charge is 0.0328 e. The molecule has 1 aromatic heterocycles. The molecule has 3 heteroatoms. The Hall–Kier alpha value is -0.380. The first-order valence-electron chi connectivity index (χ1n) is 8.12. The summed E-state index contributed by atoms with van der Waals surface area (Å²) in [4.78, 5) is 6.94. The Morgan fingerprint density at radius 2 is 2.05 bits per heavy atom. The molecule has 1 atom stereocenters. The van der Waals surface area contributed by atoms with Crippen LogP contribution in [-0.4, -0.2) is 42.5 Å². The van der Waals surface area contributed by atoms with Crippen molar-refractivity contribution < 1.29 is 0 Å². The highest BCUT2D eigenvalue weighted by molar-refractivity contribution is 7.09. The normalized spacial score (nSPS) is 28.8. The Balaban J connectivity index is 1.57. The van der Waals surface area contributed by atoms with Crippen LogP contribution in [-0.2, 0) is 6.54 Å². The third kappa shape index (κ3) is 3.44. The number of hydrogen-bond acceptors (Lipinski definition) is 3.